The van der Waals surface area contributed by atoms with Crippen molar-refractivity contribution in [3.63, 3.8) is 0 Å². The molecule has 1 heterocycles. The Kier molecular flexibility index (Phi) is 4.31. The summed E-state index contributed by atoms with van der Waals surface area (Å²) in [5, 5.41) is 14.5. The average Bonchev–Trinajstić information content (AvgIpc) is 2.54. The van der Waals surface area contributed by atoms with Gasteiger partial charge in [-0.25, -0.2) is 9.37 Å². The van der Waals surface area contributed by atoms with Gasteiger partial charge in [-0.05, 0) is 30.7 Å². The van der Waals surface area contributed by atoms with Crippen LogP contribution in [0.4, 0.5) is 15.8 Å². The first kappa shape index (κ1) is 16.1. The van der Waals surface area contributed by atoms with Crippen LogP contribution >= 0.6 is 11.6 Å². The van der Waals surface area contributed by atoms with Gasteiger partial charge in [0.1, 0.15) is 11.0 Å². The SMILES string of the molecule is CC(Nc1cc(Cl)nc2cccc(F)c12)c1ccc([N+](=O)[O-])cc1. The van der Waals surface area contributed by atoms with Crippen LogP contribution in [-0.2, 0) is 0 Å². The smallest absolute Gasteiger partial charge is 0.269 e. The summed E-state index contributed by atoms with van der Waals surface area (Å²) in [5.41, 5.74) is 1.84. The Hall–Kier alpha value is -2.73. The summed E-state index contributed by atoms with van der Waals surface area (Å²) in [4.78, 5) is 14.4. The minimum Gasteiger partial charge on any atom is -0.378 e. The van der Waals surface area contributed by atoms with E-state index in [1.54, 1.807) is 30.3 Å². The molecule has 5 nitrogen and oxygen atoms in total. The van der Waals surface area contributed by atoms with E-state index in [9.17, 15) is 14.5 Å². The van der Waals surface area contributed by atoms with Crippen LogP contribution in [0, 0.1) is 15.9 Å². The fraction of sp³-hybridized carbons (Fsp3) is 0.118. The Morgan fingerprint density at radius 2 is 1.96 bits per heavy atom. The third kappa shape index (κ3) is 3.14. The Bertz CT molecular complexity index is 916. The first-order valence-electron chi connectivity index (χ1n) is 7.21. The molecule has 122 valence electrons. The fourth-order valence-corrected chi connectivity index (χ4v) is 2.73. The van der Waals surface area contributed by atoms with Crippen LogP contribution in [0.5, 0.6) is 0 Å². The van der Waals surface area contributed by atoms with E-state index in [4.69, 9.17) is 11.6 Å². The number of fused-ring (bicyclic) bond motifs is 1. The zero-order chi connectivity index (χ0) is 17.3. The van der Waals surface area contributed by atoms with Crippen molar-refractivity contribution in [1.29, 1.82) is 0 Å². The summed E-state index contributed by atoms with van der Waals surface area (Å²) in [6.45, 7) is 1.88. The van der Waals surface area contributed by atoms with Crippen molar-refractivity contribution in [1.82, 2.24) is 4.98 Å². The molecule has 0 saturated heterocycles. The number of pyridine rings is 1. The van der Waals surface area contributed by atoms with Crippen molar-refractivity contribution in [3.05, 3.63) is 75.2 Å². The summed E-state index contributed by atoms with van der Waals surface area (Å²) in [7, 11) is 0. The zero-order valence-corrected chi connectivity index (χ0v) is 13.4. The predicted molar refractivity (Wildman–Crippen MR) is 91.8 cm³/mol. The normalized spacial score (nSPS) is 12.1. The summed E-state index contributed by atoms with van der Waals surface area (Å²) < 4.78 is 14.2. The molecule has 24 heavy (non-hydrogen) atoms. The number of hydrogen-bond donors (Lipinski definition) is 1. The van der Waals surface area contributed by atoms with Crippen molar-refractivity contribution in [2.24, 2.45) is 0 Å². The second kappa shape index (κ2) is 6.41. The molecule has 1 unspecified atom stereocenters. The molecule has 1 aromatic heterocycles. The molecule has 2 aromatic carbocycles. The molecule has 0 bridgehead atoms. The lowest BCUT2D eigenvalue weighted by atomic mass is 10.1. The molecule has 3 aromatic rings. The van der Waals surface area contributed by atoms with Crippen molar-refractivity contribution < 1.29 is 9.31 Å². The maximum atomic E-state index is 14.2. The van der Waals surface area contributed by atoms with Gasteiger partial charge in [0, 0.05) is 18.2 Å². The zero-order valence-electron chi connectivity index (χ0n) is 12.7. The summed E-state index contributed by atoms with van der Waals surface area (Å²) in [6, 6.07) is 12.2. The van der Waals surface area contributed by atoms with Gasteiger partial charge in [-0.1, -0.05) is 29.8 Å². The summed E-state index contributed by atoms with van der Waals surface area (Å²) in [6.07, 6.45) is 0. The van der Waals surface area contributed by atoms with Crippen molar-refractivity contribution in [2.45, 2.75) is 13.0 Å². The van der Waals surface area contributed by atoms with E-state index in [-0.39, 0.29) is 16.9 Å². The molecule has 0 aliphatic rings. The number of nitrogens with zero attached hydrogens (tertiary/aromatic N) is 2. The minimum atomic E-state index is -0.451. The van der Waals surface area contributed by atoms with Gasteiger partial charge in [-0.2, -0.15) is 0 Å². The molecular formula is C17H13ClFN3O2. The van der Waals surface area contributed by atoms with Crippen LogP contribution < -0.4 is 5.32 Å². The molecular weight excluding hydrogens is 333 g/mol. The number of anilines is 1. The summed E-state index contributed by atoms with van der Waals surface area (Å²) >= 11 is 6.01. The Morgan fingerprint density at radius 1 is 1.25 bits per heavy atom. The van der Waals surface area contributed by atoms with Crippen LogP contribution in [0.15, 0.2) is 48.5 Å². The number of non-ortho nitro benzene ring substituents is 1. The maximum absolute atomic E-state index is 14.2. The van der Waals surface area contributed by atoms with E-state index in [0.29, 0.717) is 16.6 Å². The number of benzene rings is 2. The van der Waals surface area contributed by atoms with E-state index in [2.05, 4.69) is 10.3 Å². The molecule has 0 saturated carbocycles. The Labute approximate surface area is 142 Å². The van der Waals surface area contributed by atoms with Gasteiger partial charge in [0.25, 0.3) is 5.69 Å². The van der Waals surface area contributed by atoms with Gasteiger partial charge >= 0.3 is 0 Å². The topological polar surface area (TPSA) is 68.1 Å². The van der Waals surface area contributed by atoms with Crippen LogP contribution in [0.25, 0.3) is 10.9 Å². The monoisotopic (exact) mass is 345 g/mol. The van der Waals surface area contributed by atoms with E-state index in [0.717, 1.165) is 5.56 Å². The van der Waals surface area contributed by atoms with Gasteiger partial charge in [0.05, 0.1) is 21.5 Å². The van der Waals surface area contributed by atoms with Crippen LogP contribution in [0.2, 0.25) is 5.15 Å². The number of rotatable bonds is 4. The molecule has 0 aliphatic carbocycles. The fourth-order valence-electron chi connectivity index (χ4n) is 2.53. The van der Waals surface area contributed by atoms with E-state index in [1.165, 1.54) is 18.2 Å². The first-order chi connectivity index (χ1) is 11.5. The number of nitrogens with one attached hydrogen (secondary N) is 1. The highest BCUT2D eigenvalue weighted by Gasteiger charge is 2.14. The number of halogens is 2. The van der Waals surface area contributed by atoms with Gasteiger partial charge in [0.2, 0.25) is 0 Å². The predicted octanol–water partition coefficient (Wildman–Crippen LogP) is 5.11. The molecule has 1 N–H and O–H groups in total. The van der Waals surface area contributed by atoms with E-state index >= 15 is 0 Å². The highest BCUT2D eigenvalue weighted by molar-refractivity contribution is 6.30. The molecule has 1 atom stereocenters. The van der Waals surface area contributed by atoms with Gasteiger partial charge < -0.3 is 5.32 Å². The average molecular weight is 346 g/mol. The second-order valence-corrected chi connectivity index (χ2v) is 5.73. The number of hydrogen-bond acceptors (Lipinski definition) is 4. The number of aromatic nitrogens is 1. The van der Waals surface area contributed by atoms with Crippen molar-refractivity contribution in [3.8, 4) is 0 Å². The largest absolute Gasteiger partial charge is 0.378 e. The molecule has 0 spiro atoms. The van der Waals surface area contributed by atoms with Crippen LogP contribution in [0.1, 0.15) is 18.5 Å². The minimum absolute atomic E-state index is 0.0226. The van der Waals surface area contributed by atoms with E-state index < -0.39 is 10.7 Å². The standard InChI is InChI=1S/C17H13ClFN3O2/c1-10(11-5-7-12(8-6-11)22(23)24)20-15-9-16(18)21-14-4-2-3-13(19)17(14)15/h2-10H,1H3,(H,20,21). The first-order valence-corrected chi connectivity index (χ1v) is 7.59. The van der Waals surface area contributed by atoms with Gasteiger partial charge in [-0.3, -0.25) is 10.1 Å². The molecule has 7 heteroatoms. The third-order valence-corrected chi connectivity index (χ3v) is 3.92. The van der Waals surface area contributed by atoms with Crippen molar-refractivity contribution in [2.75, 3.05) is 5.32 Å². The lowest BCUT2D eigenvalue weighted by Crippen LogP contribution is -2.08. The quantitative estimate of drug-likeness (QED) is 0.405. The lowest BCUT2D eigenvalue weighted by molar-refractivity contribution is -0.384. The molecule has 0 radical (unpaired) electrons. The molecule has 0 fully saturated rings. The van der Waals surface area contributed by atoms with Gasteiger partial charge in [0.15, 0.2) is 0 Å². The number of nitro groups is 1. The Balaban J connectivity index is 1.95. The third-order valence-electron chi connectivity index (χ3n) is 3.73. The molecule has 3 rings (SSSR count). The maximum Gasteiger partial charge on any atom is 0.269 e. The van der Waals surface area contributed by atoms with Gasteiger partial charge in [-0.15, -0.1) is 0 Å². The van der Waals surface area contributed by atoms with E-state index in [1.807, 2.05) is 6.92 Å². The highest BCUT2D eigenvalue weighted by Crippen LogP contribution is 2.31. The molecule has 0 aliphatic heterocycles. The lowest BCUT2D eigenvalue weighted by Gasteiger charge is -2.17. The number of nitro benzene ring substituents is 1. The van der Waals surface area contributed by atoms with Crippen molar-refractivity contribution >= 4 is 33.9 Å². The van der Waals surface area contributed by atoms with Crippen LogP contribution in [-0.4, -0.2) is 9.91 Å². The summed E-state index contributed by atoms with van der Waals surface area (Å²) in [5.74, 6) is -0.393. The van der Waals surface area contributed by atoms with Crippen LogP contribution in [0.3, 0.4) is 0 Å². The second-order valence-electron chi connectivity index (χ2n) is 5.34. The Morgan fingerprint density at radius 3 is 2.62 bits per heavy atom. The molecule has 0 amide bonds. The highest BCUT2D eigenvalue weighted by atomic mass is 35.5.